The number of hydrogen-bond acceptors (Lipinski definition) is 3. The van der Waals surface area contributed by atoms with E-state index in [9.17, 15) is 13.2 Å². The van der Waals surface area contributed by atoms with Gasteiger partial charge in [0.1, 0.15) is 17.5 Å². The van der Waals surface area contributed by atoms with E-state index in [-0.39, 0.29) is 18.0 Å². The summed E-state index contributed by atoms with van der Waals surface area (Å²) in [4.78, 5) is 1.48. The van der Waals surface area contributed by atoms with Crippen LogP contribution in [0.25, 0.3) is 0 Å². The summed E-state index contributed by atoms with van der Waals surface area (Å²) >= 11 is 0. The van der Waals surface area contributed by atoms with E-state index in [2.05, 4.69) is 5.32 Å². The Kier molecular flexibility index (Phi) is 6.70. The zero-order valence-electron chi connectivity index (χ0n) is 13.5. The predicted octanol–water partition coefficient (Wildman–Crippen LogP) is 4.41. The van der Waals surface area contributed by atoms with Crippen molar-refractivity contribution in [3.63, 3.8) is 0 Å². The fourth-order valence-corrected chi connectivity index (χ4v) is 2.89. The van der Waals surface area contributed by atoms with Crippen LogP contribution in [0.15, 0.2) is 54.6 Å². The Hall–Kier alpha value is -1.76. The molecule has 3 rings (SSSR count). The molecule has 1 fully saturated rings. The van der Waals surface area contributed by atoms with Crippen molar-refractivity contribution in [2.45, 2.75) is 12.2 Å². The Morgan fingerprint density at radius 1 is 0.880 bits per heavy atom. The van der Waals surface area contributed by atoms with E-state index in [4.69, 9.17) is 4.74 Å². The van der Waals surface area contributed by atoms with Crippen LogP contribution in [0.2, 0.25) is 0 Å². The number of alkyl halides is 3. The quantitative estimate of drug-likeness (QED) is 0.860. The maximum atomic E-state index is 13.5. The molecule has 0 aromatic heterocycles. The molecule has 7 heteroatoms. The maximum Gasteiger partial charge on any atom is 0.408 e. The summed E-state index contributed by atoms with van der Waals surface area (Å²) < 4.78 is 46.3. The largest absolute Gasteiger partial charge is 0.457 e. The van der Waals surface area contributed by atoms with Gasteiger partial charge >= 0.3 is 6.18 Å². The molecule has 0 spiro atoms. The van der Waals surface area contributed by atoms with Crippen LogP contribution in [0.3, 0.4) is 0 Å². The van der Waals surface area contributed by atoms with Crippen molar-refractivity contribution < 1.29 is 17.9 Å². The molecule has 0 aliphatic carbocycles. The Morgan fingerprint density at radius 2 is 1.44 bits per heavy atom. The Labute approximate surface area is 151 Å². The van der Waals surface area contributed by atoms with Crippen molar-refractivity contribution in [3.8, 4) is 11.5 Å². The van der Waals surface area contributed by atoms with Crippen molar-refractivity contribution in [2.24, 2.45) is 0 Å². The molecule has 25 heavy (non-hydrogen) atoms. The highest BCUT2D eigenvalue weighted by Gasteiger charge is 2.44. The summed E-state index contributed by atoms with van der Waals surface area (Å²) in [6, 6.07) is 13.7. The van der Waals surface area contributed by atoms with Gasteiger partial charge in [0.05, 0.1) is 0 Å². The summed E-state index contributed by atoms with van der Waals surface area (Å²) in [5, 5.41) is 3.08. The van der Waals surface area contributed by atoms with Crippen LogP contribution in [0.4, 0.5) is 13.2 Å². The average molecular weight is 373 g/mol. The number of benzene rings is 2. The zero-order chi connectivity index (χ0) is 17.0. The van der Waals surface area contributed by atoms with E-state index < -0.39 is 12.2 Å². The third-order valence-corrected chi connectivity index (χ3v) is 4.00. The first-order valence-corrected chi connectivity index (χ1v) is 7.88. The molecule has 136 valence electrons. The molecule has 2 aromatic rings. The fraction of sp³-hybridized carbons (Fsp3) is 0.333. The molecule has 0 radical (unpaired) electrons. The number of rotatable bonds is 4. The normalized spacial score (nSPS) is 16.8. The monoisotopic (exact) mass is 372 g/mol. The van der Waals surface area contributed by atoms with Crippen molar-refractivity contribution in [1.29, 1.82) is 0 Å². The van der Waals surface area contributed by atoms with Gasteiger partial charge in [-0.2, -0.15) is 13.2 Å². The van der Waals surface area contributed by atoms with Gasteiger partial charge < -0.3 is 10.1 Å². The van der Waals surface area contributed by atoms with E-state index in [1.165, 1.54) is 17.0 Å². The highest BCUT2D eigenvalue weighted by molar-refractivity contribution is 5.85. The topological polar surface area (TPSA) is 24.5 Å². The van der Waals surface area contributed by atoms with Crippen LogP contribution in [0.5, 0.6) is 11.5 Å². The summed E-state index contributed by atoms with van der Waals surface area (Å²) in [5.41, 5.74) is 0.241. The Bertz CT molecular complexity index is 644. The zero-order valence-corrected chi connectivity index (χ0v) is 14.3. The van der Waals surface area contributed by atoms with Crippen LogP contribution < -0.4 is 10.1 Å². The number of para-hydroxylation sites is 1. The van der Waals surface area contributed by atoms with E-state index in [1.54, 1.807) is 24.3 Å². The minimum atomic E-state index is -4.31. The first-order chi connectivity index (χ1) is 11.5. The number of halogens is 4. The Balaban J connectivity index is 0.00000225. The highest BCUT2D eigenvalue weighted by Crippen LogP contribution is 2.38. The smallest absolute Gasteiger partial charge is 0.408 e. The van der Waals surface area contributed by atoms with Gasteiger partial charge in [0.25, 0.3) is 0 Å². The van der Waals surface area contributed by atoms with E-state index in [0.717, 1.165) is 0 Å². The number of hydrogen-bond donors (Lipinski definition) is 1. The van der Waals surface area contributed by atoms with Gasteiger partial charge in [-0.05, 0) is 29.8 Å². The number of piperazine rings is 1. The molecule has 0 unspecified atom stereocenters. The molecule has 1 N–H and O–H groups in total. The lowest BCUT2D eigenvalue weighted by Gasteiger charge is -2.36. The lowest BCUT2D eigenvalue weighted by Crippen LogP contribution is -2.49. The van der Waals surface area contributed by atoms with E-state index in [1.807, 2.05) is 18.2 Å². The predicted molar refractivity (Wildman–Crippen MR) is 93.4 cm³/mol. The minimum Gasteiger partial charge on any atom is -0.457 e. The van der Waals surface area contributed by atoms with Crippen LogP contribution >= 0.6 is 12.4 Å². The van der Waals surface area contributed by atoms with Gasteiger partial charge in [0.2, 0.25) is 0 Å². The maximum absolute atomic E-state index is 13.5. The number of nitrogens with zero attached hydrogens (tertiary/aromatic N) is 1. The molecule has 1 atom stereocenters. The molecular weight excluding hydrogens is 353 g/mol. The molecule has 1 saturated heterocycles. The second-order valence-electron chi connectivity index (χ2n) is 5.71. The molecule has 2 aromatic carbocycles. The second-order valence-corrected chi connectivity index (χ2v) is 5.71. The van der Waals surface area contributed by atoms with Gasteiger partial charge in [-0.3, -0.25) is 4.90 Å². The molecule has 1 heterocycles. The summed E-state index contributed by atoms with van der Waals surface area (Å²) in [6.07, 6.45) is -4.31. The third kappa shape index (κ3) is 5.11. The molecule has 3 nitrogen and oxygen atoms in total. The third-order valence-electron chi connectivity index (χ3n) is 4.00. The van der Waals surface area contributed by atoms with Crippen LogP contribution in [0.1, 0.15) is 11.6 Å². The van der Waals surface area contributed by atoms with Crippen LogP contribution in [-0.2, 0) is 0 Å². The summed E-state index contributed by atoms with van der Waals surface area (Å²) in [7, 11) is 0. The van der Waals surface area contributed by atoms with Gasteiger partial charge in [0, 0.05) is 26.2 Å². The van der Waals surface area contributed by atoms with Crippen molar-refractivity contribution in [2.75, 3.05) is 26.2 Å². The lowest BCUT2D eigenvalue weighted by atomic mass is 10.0. The van der Waals surface area contributed by atoms with Gasteiger partial charge in [-0.1, -0.05) is 30.3 Å². The van der Waals surface area contributed by atoms with Gasteiger partial charge in [-0.25, -0.2) is 0 Å². The second kappa shape index (κ2) is 8.56. The van der Waals surface area contributed by atoms with Crippen LogP contribution in [0, 0.1) is 0 Å². The van der Waals surface area contributed by atoms with E-state index in [0.29, 0.717) is 37.7 Å². The SMILES string of the molecule is Cl.FC(F)(F)[C@@H](c1ccc(Oc2ccccc2)cc1)N1CCNCC1. The molecule has 0 amide bonds. The molecule has 0 saturated carbocycles. The standard InChI is InChI=1S/C18H19F3N2O.ClH/c19-18(20,21)17(23-12-10-22-11-13-23)14-6-8-16(9-7-14)24-15-4-2-1-3-5-15;/h1-9,17,22H,10-13H2;1H/t17-;/m1./s1. The van der Waals surface area contributed by atoms with Crippen molar-refractivity contribution in [3.05, 3.63) is 60.2 Å². The minimum absolute atomic E-state index is 0. The van der Waals surface area contributed by atoms with Gasteiger partial charge in [-0.15, -0.1) is 12.4 Å². The average Bonchev–Trinajstić information content (AvgIpc) is 2.57. The Morgan fingerprint density at radius 3 is 2.00 bits per heavy atom. The first-order valence-electron chi connectivity index (χ1n) is 7.88. The van der Waals surface area contributed by atoms with Crippen LogP contribution in [-0.4, -0.2) is 37.3 Å². The molecule has 1 aliphatic rings. The fourth-order valence-electron chi connectivity index (χ4n) is 2.89. The van der Waals surface area contributed by atoms with Crippen molar-refractivity contribution in [1.82, 2.24) is 10.2 Å². The first kappa shape index (κ1) is 19.6. The highest BCUT2D eigenvalue weighted by atomic mass is 35.5. The van der Waals surface area contributed by atoms with Gasteiger partial charge in [0.15, 0.2) is 0 Å². The van der Waals surface area contributed by atoms with Crippen molar-refractivity contribution >= 4 is 12.4 Å². The molecule has 1 aliphatic heterocycles. The summed E-state index contributed by atoms with van der Waals surface area (Å²) in [5.74, 6) is 1.17. The molecule has 0 bridgehead atoms. The molecular formula is C18H20ClF3N2O. The lowest BCUT2D eigenvalue weighted by molar-refractivity contribution is -0.187. The summed E-state index contributed by atoms with van der Waals surface area (Å²) in [6.45, 7) is 1.91. The van der Waals surface area contributed by atoms with E-state index >= 15 is 0 Å². The number of nitrogens with one attached hydrogen (secondary N) is 1. The number of ether oxygens (including phenoxy) is 1.